The molecule has 1 amide bonds. The van der Waals surface area contributed by atoms with Crippen LogP contribution in [0.15, 0.2) is 23.8 Å². The Morgan fingerprint density at radius 2 is 2.39 bits per heavy atom. The second kappa shape index (κ2) is 7.27. The Hall–Kier alpha value is -1.66. The predicted octanol–water partition coefficient (Wildman–Crippen LogP) is 3.18. The molecule has 0 spiro atoms. The maximum absolute atomic E-state index is 12.6. The Balaban J connectivity index is 1.75. The van der Waals surface area contributed by atoms with Crippen molar-refractivity contribution in [3.8, 4) is 0 Å². The Bertz CT molecular complexity index is 664. The van der Waals surface area contributed by atoms with E-state index >= 15 is 0 Å². The van der Waals surface area contributed by atoms with Gasteiger partial charge in [-0.2, -0.15) is 5.10 Å². The lowest BCUT2D eigenvalue weighted by atomic mass is 9.98. The third-order valence-electron chi connectivity index (χ3n) is 4.28. The van der Waals surface area contributed by atoms with E-state index in [1.165, 1.54) is 11.3 Å². The number of carbonyl (C=O) groups is 1. The molecule has 0 bridgehead atoms. The number of hydrogen-bond donors (Lipinski definition) is 1. The lowest BCUT2D eigenvalue weighted by molar-refractivity contribution is -0.00947. The van der Waals surface area contributed by atoms with E-state index in [0.29, 0.717) is 0 Å². The first-order valence-corrected chi connectivity index (χ1v) is 9.12. The summed E-state index contributed by atoms with van der Waals surface area (Å²) in [6.07, 6.45) is 6.52. The van der Waals surface area contributed by atoms with Gasteiger partial charge in [-0.25, -0.2) is 0 Å². The highest BCUT2D eigenvalue weighted by Crippen LogP contribution is 2.29. The lowest BCUT2D eigenvalue weighted by Crippen LogP contribution is -2.42. The van der Waals surface area contributed by atoms with Crippen LogP contribution in [0, 0.1) is 0 Å². The number of hydrogen-bond acceptors (Lipinski definition) is 4. The molecular weight excluding hydrogens is 310 g/mol. The molecule has 1 saturated heterocycles. The van der Waals surface area contributed by atoms with Gasteiger partial charge in [-0.3, -0.25) is 9.48 Å². The first-order chi connectivity index (χ1) is 11.2. The third kappa shape index (κ3) is 3.48. The zero-order valence-electron chi connectivity index (χ0n) is 13.6. The minimum absolute atomic E-state index is 0.00226. The van der Waals surface area contributed by atoms with Gasteiger partial charge in [0.2, 0.25) is 0 Å². The molecule has 1 fully saturated rings. The van der Waals surface area contributed by atoms with Crippen molar-refractivity contribution in [2.45, 2.75) is 51.8 Å². The number of ether oxygens (including phenoxy) is 1. The summed E-state index contributed by atoms with van der Waals surface area (Å²) < 4.78 is 7.83. The fraction of sp³-hybridized carbons (Fsp3) is 0.529. The molecule has 2 aromatic heterocycles. The molecule has 124 valence electrons. The average molecular weight is 333 g/mol. The summed E-state index contributed by atoms with van der Waals surface area (Å²) in [4.78, 5) is 13.4. The minimum Gasteiger partial charge on any atom is -0.371 e. The van der Waals surface area contributed by atoms with Crippen LogP contribution in [0.1, 0.15) is 53.6 Å². The van der Waals surface area contributed by atoms with Gasteiger partial charge >= 0.3 is 0 Å². The van der Waals surface area contributed by atoms with Gasteiger partial charge in [0.15, 0.2) is 0 Å². The van der Waals surface area contributed by atoms with Crippen LogP contribution in [0.25, 0.3) is 0 Å². The van der Waals surface area contributed by atoms with Crippen LogP contribution in [0.3, 0.4) is 0 Å². The standard InChI is InChI=1S/C17H23N3O2S/c1-3-12-7-9-23-16(12)17(21)19-14-6-5-8-22-15(14)13-10-18-20(4-2)11-13/h7,9-11,14-15H,3-6,8H2,1-2H3,(H,19,21)/t14-,15+/m0/s1. The van der Waals surface area contributed by atoms with E-state index in [1.807, 2.05) is 28.5 Å². The van der Waals surface area contributed by atoms with Crippen molar-refractivity contribution in [1.29, 1.82) is 0 Å². The monoisotopic (exact) mass is 333 g/mol. The summed E-state index contributed by atoms with van der Waals surface area (Å²) in [7, 11) is 0. The van der Waals surface area contributed by atoms with E-state index in [4.69, 9.17) is 4.74 Å². The molecule has 23 heavy (non-hydrogen) atoms. The Morgan fingerprint density at radius 3 is 3.13 bits per heavy atom. The van der Waals surface area contributed by atoms with Crippen LogP contribution in [0.2, 0.25) is 0 Å². The van der Waals surface area contributed by atoms with Crippen LogP contribution in [0.5, 0.6) is 0 Å². The number of nitrogens with zero attached hydrogens (tertiary/aromatic N) is 2. The molecular formula is C17H23N3O2S. The van der Waals surface area contributed by atoms with Crippen LogP contribution in [-0.2, 0) is 17.7 Å². The maximum atomic E-state index is 12.6. The van der Waals surface area contributed by atoms with Gasteiger partial charge in [0.1, 0.15) is 6.10 Å². The van der Waals surface area contributed by atoms with Gasteiger partial charge in [0.25, 0.3) is 5.91 Å². The fourth-order valence-corrected chi connectivity index (χ4v) is 3.90. The van der Waals surface area contributed by atoms with Crippen LogP contribution in [0.4, 0.5) is 0 Å². The number of thiophene rings is 1. The Labute approximate surface area is 140 Å². The highest BCUT2D eigenvalue weighted by Gasteiger charge is 2.30. The summed E-state index contributed by atoms with van der Waals surface area (Å²) in [5.74, 6) is 0.0141. The first kappa shape index (κ1) is 16.2. The van der Waals surface area contributed by atoms with Gasteiger partial charge in [-0.05, 0) is 43.2 Å². The topological polar surface area (TPSA) is 56.1 Å². The van der Waals surface area contributed by atoms with E-state index in [-0.39, 0.29) is 18.1 Å². The Morgan fingerprint density at radius 1 is 1.52 bits per heavy atom. The van der Waals surface area contributed by atoms with Crippen LogP contribution >= 0.6 is 11.3 Å². The number of carbonyl (C=O) groups excluding carboxylic acids is 1. The Kier molecular flexibility index (Phi) is 5.13. The molecule has 5 nitrogen and oxygen atoms in total. The quantitative estimate of drug-likeness (QED) is 0.914. The predicted molar refractivity (Wildman–Crippen MR) is 90.8 cm³/mol. The van der Waals surface area contributed by atoms with Crippen molar-refractivity contribution in [1.82, 2.24) is 15.1 Å². The number of aromatic nitrogens is 2. The number of rotatable bonds is 5. The van der Waals surface area contributed by atoms with Crippen LogP contribution < -0.4 is 5.32 Å². The van der Waals surface area contributed by atoms with Crippen LogP contribution in [-0.4, -0.2) is 28.3 Å². The number of aryl methyl sites for hydroxylation is 2. The first-order valence-electron chi connectivity index (χ1n) is 8.24. The normalized spacial score (nSPS) is 21.3. The molecule has 0 aromatic carbocycles. The van der Waals surface area contributed by atoms with E-state index in [2.05, 4.69) is 24.3 Å². The van der Waals surface area contributed by atoms with E-state index in [1.54, 1.807) is 0 Å². The fourth-order valence-electron chi connectivity index (χ4n) is 3.00. The van der Waals surface area contributed by atoms with Crippen molar-refractivity contribution in [2.24, 2.45) is 0 Å². The van der Waals surface area contributed by atoms with E-state index < -0.39 is 0 Å². The molecule has 1 N–H and O–H groups in total. The molecule has 1 aliphatic rings. The maximum Gasteiger partial charge on any atom is 0.261 e. The van der Waals surface area contributed by atoms with Gasteiger partial charge in [0.05, 0.1) is 17.1 Å². The van der Waals surface area contributed by atoms with Crippen molar-refractivity contribution in [3.63, 3.8) is 0 Å². The van der Waals surface area contributed by atoms with Crippen molar-refractivity contribution in [2.75, 3.05) is 6.61 Å². The second-order valence-corrected chi connectivity index (χ2v) is 6.69. The molecule has 3 rings (SSSR count). The highest BCUT2D eigenvalue weighted by atomic mass is 32.1. The van der Waals surface area contributed by atoms with Crippen molar-refractivity contribution < 1.29 is 9.53 Å². The van der Waals surface area contributed by atoms with E-state index in [9.17, 15) is 4.79 Å². The third-order valence-corrected chi connectivity index (χ3v) is 5.23. The molecule has 6 heteroatoms. The van der Waals surface area contributed by atoms with E-state index in [0.717, 1.165) is 48.4 Å². The number of nitrogens with one attached hydrogen (secondary N) is 1. The molecule has 0 aliphatic carbocycles. The zero-order valence-corrected chi connectivity index (χ0v) is 14.4. The summed E-state index contributed by atoms with van der Waals surface area (Å²) in [5, 5.41) is 9.49. The molecule has 3 heterocycles. The van der Waals surface area contributed by atoms with Crippen molar-refractivity contribution >= 4 is 17.2 Å². The molecule has 2 aromatic rings. The highest BCUT2D eigenvalue weighted by molar-refractivity contribution is 7.12. The van der Waals surface area contributed by atoms with Gasteiger partial charge in [-0.1, -0.05) is 6.92 Å². The SMILES string of the molecule is CCc1ccsc1C(=O)N[C@H]1CCCO[C@@H]1c1cnn(CC)c1. The smallest absolute Gasteiger partial charge is 0.261 e. The van der Waals surface area contributed by atoms with Gasteiger partial charge < -0.3 is 10.1 Å². The van der Waals surface area contributed by atoms with Gasteiger partial charge in [0, 0.05) is 24.9 Å². The average Bonchev–Trinajstić information content (AvgIpc) is 3.24. The van der Waals surface area contributed by atoms with Gasteiger partial charge in [-0.15, -0.1) is 11.3 Å². The molecule has 0 unspecified atom stereocenters. The zero-order chi connectivity index (χ0) is 16.2. The lowest BCUT2D eigenvalue weighted by Gasteiger charge is -2.31. The number of amides is 1. The second-order valence-electron chi connectivity index (χ2n) is 5.77. The van der Waals surface area contributed by atoms with Crippen molar-refractivity contribution in [3.05, 3.63) is 39.8 Å². The minimum atomic E-state index is -0.113. The largest absolute Gasteiger partial charge is 0.371 e. The summed E-state index contributed by atoms with van der Waals surface area (Å²) in [5.41, 5.74) is 2.15. The molecule has 2 atom stereocenters. The molecule has 0 radical (unpaired) electrons. The summed E-state index contributed by atoms with van der Waals surface area (Å²) in [6.45, 7) is 5.69. The summed E-state index contributed by atoms with van der Waals surface area (Å²) >= 11 is 1.51. The molecule has 0 saturated carbocycles. The molecule has 1 aliphatic heterocycles. The summed E-state index contributed by atoms with van der Waals surface area (Å²) in [6, 6.07) is 2.03.